The molecule has 0 spiro atoms. The molecule has 0 aliphatic carbocycles. The van der Waals surface area contributed by atoms with Gasteiger partial charge >= 0.3 is 29.6 Å². The van der Waals surface area contributed by atoms with Gasteiger partial charge in [0.15, 0.2) is 0 Å². The molecule has 47 heavy (non-hydrogen) atoms. The van der Waals surface area contributed by atoms with E-state index in [1.54, 1.807) is 0 Å². The largest absolute Gasteiger partial charge is 1.00 e. The fraction of sp³-hybridized carbons (Fsp3) is 0.969. The molecule has 0 aromatic heterocycles. The molecule has 0 aliphatic heterocycles. The number of rotatable bonds is 32. The molecule has 13 nitrogen and oxygen atoms in total. The number of carbonyl (C=O) groups excluding carboxylic acids is 1. The number of hydrogen-bond acceptors (Lipinski definition) is 12. The van der Waals surface area contributed by atoms with Crippen LogP contribution in [0.2, 0.25) is 0 Å². The number of hydrogen-bond donors (Lipinski definition) is 8. The number of amides is 1. The van der Waals surface area contributed by atoms with Crippen molar-refractivity contribution in [2.24, 2.45) is 5.73 Å². The third-order valence-electron chi connectivity index (χ3n) is 8.55. The molecule has 0 bridgehead atoms. The molecule has 15 heteroatoms. The van der Waals surface area contributed by atoms with Crippen LogP contribution in [0, 0.1) is 0 Å². The van der Waals surface area contributed by atoms with E-state index in [-0.39, 0.29) is 87.0 Å². The van der Waals surface area contributed by atoms with Gasteiger partial charge in [-0.25, -0.2) is 8.42 Å². The quantitative estimate of drug-likeness (QED) is 0.0190. The molecule has 1 amide bonds. The van der Waals surface area contributed by atoms with Gasteiger partial charge in [0.25, 0.3) is 0 Å². The number of unbranched alkanes of at least 4 members (excludes halogenated alkanes) is 10. The molecule has 0 radical (unpaired) electrons. The molecule has 0 saturated heterocycles. The predicted molar refractivity (Wildman–Crippen MR) is 173 cm³/mol. The molecule has 0 aliphatic rings. The van der Waals surface area contributed by atoms with Crippen LogP contribution in [-0.4, -0.2) is 103 Å². The van der Waals surface area contributed by atoms with Gasteiger partial charge in [-0.15, -0.1) is 0 Å². The molecule has 0 rings (SSSR count). The van der Waals surface area contributed by atoms with Gasteiger partial charge in [-0.05, 0) is 64.2 Å². The van der Waals surface area contributed by atoms with Crippen LogP contribution in [0.25, 0.3) is 0 Å². The van der Waals surface area contributed by atoms with Crippen LogP contribution in [0.4, 0.5) is 0 Å². The first-order valence-corrected chi connectivity index (χ1v) is 18.7. The summed E-state index contributed by atoms with van der Waals surface area (Å²) in [7, 11) is -5.07. The Labute approximate surface area is 304 Å². The fourth-order valence-corrected chi connectivity index (χ4v) is 6.02. The second-order valence-electron chi connectivity index (χ2n) is 12.8. The van der Waals surface area contributed by atoms with Gasteiger partial charge in [0.05, 0.1) is 36.6 Å². The maximum absolute atomic E-state index is 11.2. The average molecular weight is 710 g/mol. The number of nitrogens with two attached hydrogens (primary N) is 1. The number of aliphatic hydroxyl groups excluding tert-OH is 7. The summed E-state index contributed by atoms with van der Waals surface area (Å²) in [5, 5.41) is 70.6. The van der Waals surface area contributed by atoms with Crippen LogP contribution in [-0.2, 0) is 19.4 Å². The van der Waals surface area contributed by atoms with Gasteiger partial charge in [-0.1, -0.05) is 84.0 Å². The van der Waals surface area contributed by atoms with Crippen molar-refractivity contribution in [1.29, 1.82) is 0 Å². The van der Waals surface area contributed by atoms with E-state index in [2.05, 4.69) is 11.1 Å². The van der Waals surface area contributed by atoms with Crippen LogP contribution < -0.4 is 35.3 Å². The zero-order chi connectivity index (χ0) is 35.0. The molecule has 0 aromatic carbocycles. The Morgan fingerprint density at radius 1 is 0.574 bits per heavy atom. The van der Waals surface area contributed by atoms with Gasteiger partial charge in [-0.3, -0.25) is 8.98 Å². The van der Waals surface area contributed by atoms with Gasteiger partial charge in [0.1, 0.15) is 12.2 Å². The predicted octanol–water partition coefficient (Wildman–Crippen LogP) is -0.550. The summed E-state index contributed by atoms with van der Waals surface area (Å²) in [4.78, 5) is 10.8. The Kier molecular flexibility index (Phi) is 31.1. The summed E-state index contributed by atoms with van der Waals surface area (Å²) in [6, 6.07) is 0. The molecule has 0 saturated carbocycles. The molecule has 8 unspecified atom stereocenters. The van der Waals surface area contributed by atoms with Crippen molar-refractivity contribution in [1.82, 2.24) is 0 Å². The smallest absolute Gasteiger partial charge is 0.726 e. The normalized spacial score (nSPS) is 17.2. The Morgan fingerprint density at radius 3 is 1.38 bits per heavy atom. The molecule has 276 valence electrons. The van der Waals surface area contributed by atoms with Crippen LogP contribution in [0.3, 0.4) is 0 Å². The topological polar surface area (TPSA) is 251 Å². The van der Waals surface area contributed by atoms with Gasteiger partial charge < -0.3 is 46.0 Å². The van der Waals surface area contributed by atoms with E-state index in [0.29, 0.717) is 6.42 Å². The third-order valence-corrected chi connectivity index (χ3v) is 9.03. The summed E-state index contributed by atoms with van der Waals surface area (Å²) in [6.07, 6.45) is 4.84. The molecular formula is C32H64NNaO12S. The maximum atomic E-state index is 11.2. The van der Waals surface area contributed by atoms with E-state index in [4.69, 9.17) is 5.73 Å². The van der Waals surface area contributed by atoms with Crippen molar-refractivity contribution >= 4 is 16.3 Å². The first-order chi connectivity index (χ1) is 21.7. The summed E-state index contributed by atoms with van der Waals surface area (Å²) < 4.78 is 38.3. The van der Waals surface area contributed by atoms with Gasteiger partial charge in [0, 0.05) is 0 Å². The molecule has 8 atom stereocenters. The number of aliphatic hydroxyl groups is 7. The van der Waals surface area contributed by atoms with E-state index < -0.39 is 59.0 Å². The second kappa shape index (κ2) is 29.8. The Balaban J connectivity index is 0. The Morgan fingerprint density at radius 2 is 0.957 bits per heavy atom. The van der Waals surface area contributed by atoms with E-state index in [9.17, 15) is 53.5 Å². The van der Waals surface area contributed by atoms with Crippen LogP contribution in [0.1, 0.15) is 148 Å². The zero-order valence-electron chi connectivity index (χ0n) is 28.8. The molecule has 0 heterocycles. The minimum absolute atomic E-state index is 0. The van der Waals surface area contributed by atoms with Crippen molar-refractivity contribution in [3.63, 3.8) is 0 Å². The SMILES string of the molecule is CCCCCC(O)CCCCCCCCCCCC(OS(=O)(=O)[O-])C(O)CCC(O)C(O)CCC(O)C(O)CCCC(O)C(N)=O.[Na+]. The average Bonchev–Trinajstić information content (AvgIpc) is 2.99. The van der Waals surface area contributed by atoms with E-state index in [1.165, 1.54) is 6.42 Å². The van der Waals surface area contributed by atoms with E-state index in [0.717, 1.165) is 77.0 Å². The van der Waals surface area contributed by atoms with Gasteiger partial charge in [0.2, 0.25) is 16.3 Å². The minimum Gasteiger partial charge on any atom is -0.726 e. The molecule has 0 fully saturated rings. The van der Waals surface area contributed by atoms with Gasteiger partial charge in [-0.2, -0.15) is 0 Å². The zero-order valence-corrected chi connectivity index (χ0v) is 31.6. The van der Waals surface area contributed by atoms with Crippen LogP contribution in [0.15, 0.2) is 0 Å². The van der Waals surface area contributed by atoms with E-state index >= 15 is 0 Å². The monoisotopic (exact) mass is 709 g/mol. The molecular weight excluding hydrogens is 645 g/mol. The summed E-state index contributed by atoms with van der Waals surface area (Å²) >= 11 is 0. The second-order valence-corrected chi connectivity index (χ2v) is 13.8. The van der Waals surface area contributed by atoms with Crippen molar-refractivity contribution in [3.8, 4) is 0 Å². The summed E-state index contributed by atoms with van der Waals surface area (Å²) in [5.41, 5.74) is 4.96. The summed E-state index contributed by atoms with van der Waals surface area (Å²) in [6.45, 7) is 2.15. The van der Waals surface area contributed by atoms with E-state index in [1.807, 2.05) is 0 Å². The molecule has 9 N–H and O–H groups in total. The van der Waals surface area contributed by atoms with Crippen molar-refractivity contribution in [2.75, 3.05) is 0 Å². The first-order valence-electron chi connectivity index (χ1n) is 17.4. The standard InChI is InChI=1S/C32H65NO12S.Na/c1-2-3-11-15-24(34)16-12-9-7-5-4-6-8-10-13-19-31(45-46(42,43)44)29(39)23-22-28(38)27(37)21-20-26(36)25(35)17-14-18-30(40)32(33)41;/h24-31,34-40H,2-23H2,1H3,(H2,33,41)(H,42,43,44);/q;+1/p-1. The molecule has 0 aromatic rings. The van der Waals surface area contributed by atoms with Crippen molar-refractivity contribution < 1.29 is 87.3 Å². The maximum Gasteiger partial charge on any atom is 1.00 e. The fourth-order valence-electron chi connectivity index (χ4n) is 5.49. The first kappa shape index (κ1) is 49.2. The third kappa shape index (κ3) is 28.5. The number of carbonyl (C=O) groups is 1. The minimum atomic E-state index is -5.07. The Bertz CT molecular complexity index is 856. The van der Waals surface area contributed by atoms with Crippen LogP contribution >= 0.6 is 0 Å². The van der Waals surface area contributed by atoms with Crippen molar-refractivity contribution in [2.45, 2.75) is 197 Å². The van der Waals surface area contributed by atoms with Crippen molar-refractivity contribution in [3.05, 3.63) is 0 Å². The Hall–Kier alpha value is 0.0600. The number of primary amides is 1. The summed E-state index contributed by atoms with van der Waals surface area (Å²) in [5.74, 6) is -0.876. The van der Waals surface area contributed by atoms with Crippen LogP contribution in [0.5, 0.6) is 0 Å².